The highest BCUT2D eigenvalue weighted by Gasteiger charge is 2.19. The van der Waals surface area contributed by atoms with E-state index in [1.165, 1.54) is 18.4 Å². The molecule has 0 bridgehead atoms. The van der Waals surface area contributed by atoms with Crippen molar-refractivity contribution in [3.05, 3.63) is 71.9 Å². The number of anilines is 1. The van der Waals surface area contributed by atoms with E-state index in [4.69, 9.17) is 4.74 Å². The first-order valence-electron chi connectivity index (χ1n) is 7.26. The summed E-state index contributed by atoms with van der Waals surface area (Å²) in [7, 11) is 1.34. The highest BCUT2D eigenvalue weighted by Crippen LogP contribution is 2.33. The fourth-order valence-corrected chi connectivity index (χ4v) is 3.00. The van der Waals surface area contributed by atoms with Crippen LogP contribution in [0.15, 0.2) is 65.8 Å². The van der Waals surface area contributed by atoms with Gasteiger partial charge in [0, 0.05) is 0 Å². The van der Waals surface area contributed by atoms with E-state index in [1.54, 1.807) is 6.21 Å². The molecule has 2 aromatic carbocycles. The Balaban J connectivity index is 1.86. The van der Waals surface area contributed by atoms with E-state index >= 15 is 0 Å². The van der Waals surface area contributed by atoms with E-state index < -0.39 is 5.97 Å². The average Bonchev–Trinajstić information content (AvgIpc) is 3.07. The SMILES string of the molecule is COC(=O)c1nc(NN=Cc2ccccc2)sc1-c1ccccc1. The molecule has 0 saturated carbocycles. The van der Waals surface area contributed by atoms with Crippen molar-refractivity contribution in [1.82, 2.24) is 4.98 Å². The van der Waals surface area contributed by atoms with Crippen LogP contribution in [0, 0.1) is 0 Å². The minimum absolute atomic E-state index is 0.283. The quantitative estimate of drug-likeness (QED) is 0.433. The first kappa shape index (κ1) is 15.9. The molecule has 5 nitrogen and oxygen atoms in total. The number of thiazole rings is 1. The van der Waals surface area contributed by atoms with E-state index in [0.717, 1.165) is 16.0 Å². The van der Waals surface area contributed by atoms with E-state index in [2.05, 4.69) is 15.5 Å². The normalized spacial score (nSPS) is 10.7. The molecule has 0 spiro atoms. The van der Waals surface area contributed by atoms with E-state index in [9.17, 15) is 4.79 Å². The molecule has 0 aliphatic heterocycles. The number of carbonyl (C=O) groups is 1. The number of benzene rings is 2. The lowest BCUT2D eigenvalue weighted by molar-refractivity contribution is 0.0596. The van der Waals surface area contributed by atoms with Crippen molar-refractivity contribution in [2.45, 2.75) is 0 Å². The largest absolute Gasteiger partial charge is 0.464 e. The number of nitrogens with zero attached hydrogens (tertiary/aromatic N) is 2. The summed E-state index contributed by atoms with van der Waals surface area (Å²) in [5.74, 6) is -0.467. The molecule has 24 heavy (non-hydrogen) atoms. The Kier molecular flexibility index (Phi) is 4.98. The third kappa shape index (κ3) is 3.67. The van der Waals surface area contributed by atoms with Gasteiger partial charge in [0.25, 0.3) is 0 Å². The fourth-order valence-electron chi connectivity index (χ4n) is 2.09. The van der Waals surface area contributed by atoms with Gasteiger partial charge in [0.15, 0.2) is 5.69 Å². The van der Waals surface area contributed by atoms with Crippen LogP contribution in [0.3, 0.4) is 0 Å². The molecule has 6 heteroatoms. The maximum Gasteiger partial charge on any atom is 0.358 e. The Labute approximate surface area is 143 Å². The molecule has 0 saturated heterocycles. The Morgan fingerprint density at radius 1 is 1.12 bits per heavy atom. The first-order chi connectivity index (χ1) is 11.8. The van der Waals surface area contributed by atoms with Gasteiger partial charge in [-0.2, -0.15) is 5.10 Å². The van der Waals surface area contributed by atoms with Crippen molar-refractivity contribution in [3.63, 3.8) is 0 Å². The van der Waals surface area contributed by atoms with Crippen LogP contribution in [0.25, 0.3) is 10.4 Å². The minimum atomic E-state index is -0.467. The molecule has 120 valence electrons. The zero-order valence-electron chi connectivity index (χ0n) is 13.0. The number of esters is 1. The number of hydrazone groups is 1. The predicted octanol–water partition coefficient (Wildman–Crippen LogP) is 4.04. The molecular formula is C18H15N3O2S. The summed E-state index contributed by atoms with van der Waals surface area (Å²) < 4.78 is 4.82. The average molecular weight is 337 g/mol. The lowest BCUT2D eigenvalue weighted by atomic mass is 10.1. The van der Waals surface area contributed by atoms with Gasteiger partial charge in [0.1, 0.15) is 0 Å². The molecule has 0 unspecified atom stereocenters. The summed E-state index contributed by atoms with van der Waals surface area (Å²) in [6.45, 7) is 0. The topological polar surface area (TPSA) is 63.6 Å². The molecule has 0 aliphatic carbocycles. The van der Waals surface area contributed by atoms with E-state index in [1.807, 2.05) is 60.7 Å². The number of carbonyl (C=O) groups excluding carboxylic acids is 1. The van der Waals surface area contributed by atoms with Crippen molar-refractivity contribution in [2.75, 3.05) is 12.5 Å². The molecule has 0 radical (unpaired) electrons. The fraction of sp³-hybridized carbons (Fsp3) is 0.0556. The van der Waals surface area contributed by atoms with Crippen molar-refractivity contribution < 1.29 is 9.53 Å². The molecule has 1 aromatic heterocycles. The van der Waals surface area contributed by atoms with Gasteiger partial charge in [-0.25, -0.2) is 9.78 Å². The van der Waals surface area contributed by atoms with Crippen LogP contribution in [0.4, 0.5) is 5.13 Å². The number of ether oxygens (including phenoxy) is 1. The highest BCUT2D eigenvalue weighted by molar-refractivity contribution is 7.19. The lowest BCUT2D eigenvalue weighted by Crippen LogP contribution is -2.03. The van der Waals surface area contributed by atoms with Crippen LogP contribution in [-0.2, 0) is 4.74 Å². The van der Waals surface area contributed by atoms with Gasteiger partial charge in [-0.15, -0.1) is 0 Å². The third-order valence-corrected chi connectivity index (χ3v) is 4.22. The molecule has 0 atom stereocenters. The maximum atomic E-state index is 12.0. The first-order valence-corrected chi connectivity index (χ1v) is 8.08. The Hall–Kier alpha value is -2.99. The summed E-state index contributed by atoms with van der Waals surface area (Å²) in [6, 6.07) is 19.3. The molecule has 3 rings (SSSR count). The lowest BCUT2D eigenvalue weighted by Gasteiger charge is -1.99. The van der Waals surface area contributed by atoms with E-state index in [-0.39, 0.29) is 5.69 Å². The van der Waals surface area contributed by atoms with Crippen molar-refractivity contribution >= 4 is 28.7 Å². The van der Waals surface area contributed by atoms with E-state index in [0.29, 0.717) is 5.13 Å². The number of hydrogen-bond donors (Lipinski definition) is 1. The van der Waals surface area contributed by atoms with Gasteiger partial charge in [0.05, 0.1) is 18.2 Å². The van der Waals surface area contributed by atoms with Crippen LogP contribution >= 0.6 is 11.3 Å². The van der Waals surface area contributed by atoms with Crippen LogP contribution < -0.4 is 5.43 Å². The Morgan fingerprint density at radius 2 is 1.79 bits per heavy atom. The molecule has 0 fully saturated rings. The van der Waals surface area contributed by atoms with Gasteiger partial charge in [-0.1, -0.05) is 72.0 Å². The van der Waals surface area contributed by atoms with Crippen molar-refractivity contribution in [3.8, 4) is 10.4 Å². The molecule has 3 aromatic rings. The van der Waals surface area contributed by atoms with Gasteiger partial charge in [0.2, 0.25) is 5.13 Å². The van der Waals surface area contributed by atoms with Gasteiger partial charge in [-0.05, 0) is 11.1 Å². The van der Waals surface area contributed by atoms with Gasteiger partial charge >= 0.3 is 5.97 Å². The summed E-state index contributed by atoms with van der Waals surface area (Å²) in [5, 5.41) is 4.70. The van der Waals surface area contributed by atoms with Gasteiger partial charge < -0.3 is 4.74 Å². The van der Waals surface area contributed by atoms with Crippen LogP contribution in [0.1, 0.15) is 16.1 Å². The second-order valence-corrected chi connectivity index (χ2v) is 5.83. The minimum Gasteiger partial charge on any atom is -0.464 e. The Bertz CT molecular complexity index is 845. The molecule has 0 amide bonds. The molecular weight excluding hydrogens is 322 g/mol. The third-order valence-electron chi connectivity index (χ3n) is 3.22. The van der Waals surface area contributed by atoms with Gasteiger partial charge in [-0.3, -0.25) is 5.43 Å². The van der Waals surface area contributed by atoms with Crippen molar-refractivity contribution in [2.24, 2.45) is 5.10 Å². The number of rotatable bonds is 5. The number of nitrogens with one attached hydrogen (secondary N) is 1. The number of methoxy groups -OCH3 is 1. The maximum absolute atomic E-state index is 12.0. The second kappa shape index (κ2) is 7.52. The monoisotopic (exact) mass is 337 g/mol. The standard InChI is InChI=1S/C18H15N3O2S/c1-23-17(22)15-16(14-10-6-3-7-11-14)24-18(20-15)21-19-12-13-8-4-2-5-9-13/h2-12H,1H3,(H,20,21). The number of hydrogen-bond acceptors (Lipinski definition) is 6. The molecule has 1 heterocycles. The zero-order valence-corrected chi connectivity index (χ0v) is 13.8. The van der Waals surface area contributed by atoms with Crippen molar-refractivity contribution in [1.29, 1.82) is 0 Å². The molecule has 1 N–H and O–H groups in total. The highest BCUT2D eigenvalue weighted by atomic mass is 32.1. The smallest absolute Gasteiger partial charge is 0.358 e. The van der Waals surface area contributed by atoms with Crippen LogP contribution in [0.2, 0.25) is 0 Å². The van der Waals surface area contributed by atoms with Crippen LogP contribution in [0.5, 0.6) is 0 Å². The van der Waals surface area contributed by atoms with Crippen LogP contribution in [-0.4, -0.2) is 24.3 Å². The molecule has 0 aliphatic rings. The predicted molar refractivity (Wildman–Crippen MR) is 96.5 cm³/mol. The summed E-state index contributed by atoms with van der Waals surface area (Å²) in [5.41, 5.74) is 5.04. The summed E-state index contributed by atoms with van der Waals surface area (Å²) in [6.07, 6.45) is 1.70. The second-order valence-electron chi connectivity index (χ2n) is 4.84. The Morgan fingerprint density at radius 3 is 2.46 bits per heavy atom. The summed E-state index contributed by atoms with van der Waals surface area (Å²) >= 11 is 1.35. The zero-order chi connectivity index (χ0) is 16.8. The number of aromatic nitrogens is 1. The summed E-state index contributed by atoms with van der Waals surface area (Å²) in [4.78, 5) is 17.0.